The van der Waals surface area contributed by atoms with Crippen molar-refractivity contribution < 1.29 is 9.59 Å². The van der Waals surface area contributed by atoms with Crippen LogP contribution in [0.4, 0.5) is 5.69 Å². The van der Waals surface area contributed by atoms with Gasteiger partial charge in [-0.25, -0.2) is 0 Å². The van der Waals surface area contributed by atoms with Gasteiger partial charge in [0.15, 0.2) is 0 Å². The summed E-state index contributed by atoms with van der Waals surface area (Å²) >= 11 is 0. The molecule has 0 aromatic carbocycles. The molecule has 1 saturated heterocycles. The number of imide groups is 1. The van der Waals surface area contributed by atoms with Gasteiger partial charge in [0.2, 0.25) is 11.5 Å². The molecule has 19 heavy (non-hydrogen) atoms. The van der Waals surface area contributed by atoms with Gasteiger partial charge >= 0.3 is 0 Å². The van der Waals surface area contributed by atoms with Crippen LogP contribution in [0.3, 0.4) is 0 Å². The van der Waals surface area contributed by atoms with Crippen molar-refractivity contribution in [3.05, 3.63) is 28.7 Å². The molecule has 1 N–H and O–H groups in total. The Balaban J connectivity index is 1.76. The Morgan fingerprint density at radius 3 is 2.58 bits per heavy atom. The van der Waals surface area contributed by atoms with E-state index in [1.165, 1.54) is 15.5 Å². The summed E-state index contributed by atoms with van der Waals surface area (Å²) < 4.78 is 1.43. The molecule has 6 heteroatoms. The van der Waals surface area contributed by atoms with Crippen LogP contribution in [0.25, 0.3) is 0 Å². The largest absolute Gasteiger partial charge is 0.372 e. The summed E-state index contributed by atoms with van der Waals surface area (Å²) in [4.78, 5) is 36.6. The molecule has 3 rings (SSSR count). The van der Waals surface area contributed by atoms with Gasteiger partial charge in [-0.05, 0) is 18.9 Å². The van der Waals surface area contributed by atoms with Crippen LogP contribution in [0, 0.1) is 0 Å². The number of carbonyl (C=O) groups is 2. The number of carbonyl (C=O) groups excluding carboxylic acids is 2. The van der Waals surface area contributed by atoms with Crippen LogP contribution in [-0.4, -0.2) is 33.4 Å². The van der Waals surface area contributed by atoms with E-state index in [0.717, 1.165) is 12.8 Å². The Hall–Kier alpha value is -2.11. The second-order valence-electron chi connectivity index (χ2n) is 5.10. The fourth-order valence-corrected chi connectivity index (χ4v) is 2.36. The molecule has 1 saturated carbocycles. The number of nitrogens with zero attached hydrogens (tertiary/aromatic N) is 2. The number of anilines is 1. The summed E-state index contributed by atoms with van der Waals surface area (Å²) in [6, 6.07) is 2.67. The normalized spacial score (nSPS) is 23.0. The van der Waals surface area contributed by atoms with E-state index in [9.17, 15) is 14.4 Å². The van der Waals surface area contributed by atoms with E-state index in [-0.39, 0.29) is 29.8 Å². The Labute approximate surface area is 110 Å². The molecule has 1 aliphatic carbocycles. The Bertz CT molecular complexity index is 603. The number of pyridine rings is 1. The molecule has 0 radical (unpaired) electrons. The molecule has 2 amide bonds. The Kier molecular flexibility index (Phi) is 2.66. The average molecular weight is 261 g/mol. The van der Waals surface area contributed by atoms with Crippen molar-refractivity contribution in [3.63, 3.8) is 0 Å². The Morgan fingerprint density at radius 1 is 1.21 bits per heavy atom. The van der Waals surface area contributed by atoms with Gasteiger partial charge in [0.05, 0.1) is 12.1 Å². The van der Waals surface area contributed by atoms with E-state index in [1.807, 2.05) is 0 Å². The first-order valence-electron chi connectivity index (χ1n) is 6.35. The van der Waals surface area contributed by atoms with Gasteiger partial charge in [-0.1, -0.05) is 0 Å². The molecule has 6 nitrogen and oxygen atoms in total. The lowest BCUT2D eigenvalue weighted by atomic mass is 10.2. The molecule has 1 unspecified atom stereocenters. The van der Waals surface area contributed by atoms with Crippen LogP contribution in [0.2, 0.25) is 0 Å². The van der Waals surface area contributed by atoms with Crippen molar-refractivity contribution in [1.29, 1.82) is 0 Å². The minimum atomic E-state index is -0.509. The first-order chi connectivity index (χ1) is 9.06. The highest BCUT2D eigenvalue weighted by Gasteiger charge is 2.46. The highest BCUT2D eigenvalue weighted by molar-refractivity contribution is 6.07. The van der Waals surface area contributed by atoms with E-state index in [2.05, 4.69) is 5.32 Å². The Morgan fingerprint density at radius 2 is 1.95 bits per heavy atom. The molecular formula is C13H15N3O3. The van der Waals surface area contributed by atoms with E-state index >= 15 is 0 Å². The van der Waals surface area contributed by atoms with Crippen LogP contribution in [0.15, 0.2) is 23.1 Å². The third-order valence-electron chi connectivity index (χ3n) is 3.52. The molecule has 100 valence electrons. The van der Waals surface area contributed by atoms with E-state index in [1.54, 1.807) is 19.3 Å². The van der Waals surface area contributed by atoms with Gasteiger partial charge in [0, 0.05) is 25.4 Å². The number of aromatic nitrogens is 1. The monoisotopic (exact) mass is 261 g/mol. The molecule has 2 fully saturated rings. The van der Waals surface area contributed by atoms with Crippen molar-refractivity contribution in [2.75, 3.05) is 5.32 Å². The lowest BCUT2D eigenvalue weighted by Gasteiger charge is -2.15. The van der Waals surface area contributed by atoms with Crippen molar-refractivity contribution in [2.24, 2.45) is 7.05 Å². The standard InChI is InChI=1S/C13H15N3O3/c1-15-7-8(2-5-11(15)17)14-10-6-12(18)16(13(10)19)9-3-4-9/h2,5,7,9-10,14H,3-4,6H2,1H3. The number of hydrogen-bond donors (Lipinski definition) is 1. The topological polar surface area (TPSA) is 71.4 Å². The first kappa shape index (κ1) is 12.0. The van der Waals surface area contributed by atoms with E-state index in [4.69, 9.17) is 0 Å². The molecule has 2 heterocycles. The van der Waals surface area contributed by atoms with Crippen molar-refractivity contribution >= 4 is 17.5 Å². The van der Waals surface area contributed by atoms with Gasteiger partial charge in [0.25, 0.3) is 5.91 Å². The van der Waals surface area contributed by atoms with Crippen molar-refractivity contribution in [2.45, 2.75) is 31.3 Å². The molecule has 0 spiro atoms. The molecule has 1 aliphatic heterocycles. The SMILES string of the molecule is Cn1cc(NC2CC(=O)N(C3CC3)C2=O)ccc1=O. The number of nitrogens with one attached hydrogen (secondary N) is 1. The maximum Gasteiger partial charge on any atom is 0.252 e. The molecule has 1 aromatic heterocycles. The van der Waals surface area contributed by atoms with Crippen LogP contribution in [-0.2, 0) is 16.6 Å². The zero-order valence-corrected chi connectivity index (χ0v) is 10.6. The quantitative estimate of drug-likeness (QED) is 0.783. The molecular weight excluding hydrogens is 246 g/mol. The average Bonchev–Trinajstić information content (AvgIpc) is 3.13. The van der Waals surface area contributed by atoms with Crippen LogP contribution in [0.1, 0.15) is 19.3 Å². The number of hydrogen-bond acceptors (Lipinski definition) is 4. The number of rotatable bonds is 3. The van der Waals surface area contributed by atoms with Crippen LogP contribution < -0.4 is 10.9 Å². The minimum Gasteiger partial charge on any atom is -0.372 e. The third-order valence-corrected chi connectivity index (χ3v) is 3.52. The van der Waals surface area contributed by atoms with Crippen molar-refractivity contribution in [1.82, 2.24) is 9.47 Å². The fraction of sp³-hybridized carbons (Fsp3) is 0.462. The summed E-state index contributed by atoms with van der Waals surface area (Å²) in [6.45, 7) is 0. The van der Waals surface area contributed by atoms with E-state index in [0.29, 0.717) is 5.69 Å². The van der Waals surface area contributed by atoms with Gasteiger partial charge in [0.1, 0.15) is 6.04 Å². The third kappa shape index (κ3) is 2.14. The summed E-state index contributed by atoms with van der Waals surface area (Å²) in [5, 5.41) is 3.03. The van der Waals surface area contributed by atoms with Gasteiger partial charge in [-0.15, -0.1) is 0 Å². The highest BCUT2D eigenvalue weighted by atomic mass is 16.2. The summed E-state index contributed by atoms with van der Waals surface area (Å²) in [5.41, 5.74) is 0.560. The number of aryl methyl sites for hydroxylation is 1. The second-order valence-corrected chi connectivity index (χ2v) is 5.10. The summed E-state index contributed by atoms with van der Waals surface area (Å²) in [7, 11) is 1.64. The summed E-state index contributed by atoms with van der Waals surface area (Å²) in [5.74, 6) is -0.254. The lowest BCUT2D eigenvalue weighted by molar-refractivity contribution is -0.139. The van der Waals surface area contributed by atoms with Gasteiger partial charge in [-0.2, -0.15) is 0 Å². The van der Waals surface area contributed by atoms with Gasteiger partial charge < -0.3 is 9.88 Å². The highest BCUT2D eigenvalue weighted by Crippen LogP contribution is 2.32. The zero-order valence-electron chi connectivity index (χ0n) is 10.6. The first-order valence-corrected chi connectivity index (χ1v) is 6.35. The lowest BCUT2D eigenvalue weighted by Crippen LogP contribution is -2.36. The minimum absolute atomic E-state index is 0.102. The number of amides is 2. The maximum absolute atomic E-state index is 12.1. The van der Waals surface area contributed by atoms with Gasteiger partial charge in [-0.3, -0.25) is 19.3 Å². The smallest absolute Gasteiger partial charge is 0.252 e. The zero-order chi connectivity index (χ0) is 13.6. The predicted molar refractivity (Wildman–Crippen MR) is 68.6 cm³/mol. The van der Waals surface area contributed by atoms with Crippen LogP contribution in [0.5, 0.6) is 0 Å². The van der Waals surface area contributed by atoms with Crippen molar-refractivity contribution in [3.8, 4) is 0 Å². The maximum atomic E-state index is 12.1. The molecule has 1 aromatic rings. The number of likely N-dealkylation sites (tertiary alicyclic amines) is 1. The van der Waals surface area contributed by atoms with E-state index < -0.39 is 6.04 Å². The molecule has 1 atom stereocenters. The molecule has 2 aliphatic rings. The predicted octanol–water partition coefficient (Wildman–Crippen LogP) is 0.0871. The second kappa shape index (κ2) is 4.22. The summed E-state index contributed by atoms with van der Waals surface area (Å²) in [6.07, 6.45) is 3.66. The van der Waals surface area contributed by atoms with Crippen LogP contribution >= 0.6 is 0 Å². The fourth-order valence-electron chi connectivity index (χ4n) is 2.36. The molecule has 0 bridgehead atoms.